The highest BCUT2D eigenvalue weighted by molar-refractivity contribution is 7.80. The third-order valence-electron chi connectivity index (χ3n) is 2.71. The van der Waals surface area contributed by atoms with Gasteiger partial charge in [-0.2, -0.15) is 0 Å². The molecule has 0 aliphatic heterocycles. The van der Waals surface area contributed by atoms with E-state index in [9.17, 15) is 9.90 Å². The van der Waals surface area contributed by atoms with Gasteiger partial charge in [-0.25, -0.2) is 0 Å². The van der Waals surface area contributed by atoms with Crippen molar-refractivity contribution in [3.63, 3.8) is 0 Å². The van der Waals surface area contributed by atoms with Gasteiger partial charge in [0.1, 0.15) is 10.7 Å². The number of amides is 1. The van der Waals surface area contributed by atoms with E-state index in [1.54, 1.807) is 18.2 Å². The van der Waals surface area contributed by atoms with Crippen molar-refractivity contribution in [3.05, 3.63) is 57.6 Å². The number of rotatable bonds is 3. The van der Waals surface area contributed by atoms with Crippen LogP contribution >= 0.6 is 35.4 Å². The first-order chi connectivity index (χ1) is 9.88. The van der Waals surface area contributed by atoms with Crippen molar-refractivity contribution in [2.24, 2.45) is 5.73 Å². The fourth-order valence-corrected chi connectivity index (χ4v) is 2.09. The number of nitrogens with two attached hydrogens (primary N) is 1. The molecule has 0 saturated heterocycles. The lowest BCUT2D eigenvalue weighted by Gasteiger charge is -2.09. The highest BCUT2D eigenvalue weighted by Gasteiger charge is 2.11. The zero-order chi connectivity index (χ0) is 15.6. The Kier molecular flexibility index (Phi) is 4.67. The first-order valence-electron chi connectivity index (χ1n) is 5.77. The van der Waals surface area contributed by atoms with Gasteiger partial charge >= 0.3 is 0 Å². The number of phenols is 1. The van der Waals surface area contributed by atoms with Crippen molar-refractivity contribution >= 4 is 52.0 Å². The zero-order valence-corrected chi connectivity index (χ0v) is 12.9. The van der Waals surface area contributed by atoms with E-state index in [0.717, 1.165) is 0 Å². The number of aromatic hydroxyl groups is 1. The van der Waals surface area contributed by atoms with Crippen LogP contribution in [0, 0.1) is 0 Å². The highest BCUT2D eigenvalue weighted by atomic mass is 35.5. The van der Waals surface area contributed by atoms with Crippen LogP contribution in [-0.4, -0.2) is 16.0 Å². The molecule has 7 heteroatoms. The Hall–Kier alpha value is -1.82. The molecule has 0 saturated carbocycles. The Labute approximate surface area is 136 Å². The molecule has 0 aromatic heterocycles. The van der Waals surface area contributed by atoms with Crippen LogP contribution in [-0.2, 0) is 0 Å². The summed E-state index contributed by atoms with van der Waals surface area (Å²) in [4.78, 5) is 12.3. The Bertz CT molecular complexity index is 735. The van der Waals surface area contributed by atoms with Crippen molar-refractivity contribution < 1.29 is 9.90 Å². The Morgan fingerprint density at radius 2 is 1.76 bits per heavy atom. The van der Waals surface area contributed by atoms with Crippen LogP contribution in [0.15, 0.2) is 36.4 Å². The SMILES string of the molecule is NC(=S)c1ccc(Cl)c(NC(=O)c2ccc(O)c(Cl)c2)c1. The summed E-state index contributed by atoms with van der Waals surface area (Å²) in [6.07, 6.45) is 0. The molecule has 0 aliphatic carbocycles. The standard InChI is InChI=1S/C14H10Cl2N2O2S/c15-9-3-1-7(13(17)21)6-11(9)18-14(20)8-2-4-12(19)10(16)5-8/h1-6,19H,(H2,17,21)(H,18,20). The summed E-state index contributed by atoms with van der Waals surface area (Å²) in [5.74, 6) is -0.513. The molecular weight excluding hydrogens is 331 g/mol. The van der Waals surface area contributed by atoms with Crippen LogP contribution in [0.2, 0.25) is 10.0 Å². The number of benzene rings is 2. The number of hydrogen-bond acceptors (Lipinski definition) is 3. The predicted octanol–water partition coefficient (Wildman–Crippen LogP) is 3.59. The van der Waals surface area contributed by atoms with E-state index in [1.165, 1.54) is 18.2 Å². The van der Waals surface area contributed by atoms with Gasteiger partial charge in [-0.1, -0.05) is 41.5 Å². The Morgan fingerprint density at radius 3 is 2.38 bits per heavy atom. The maximum atomic E-state index is 12.1. The second-order valence-electron chi connectivity index (χ2n) is 4.18. The second kappa shape index (κ2) is 6.30. The van der Waals surface area contributed by atoms with E-state index in [0.29, 0.717) is 16.3 Å². The smallest absolute Gasteiger partial charge is 0.255 e. The van der Waals surface area contributed by atoms with Gasteiger partial charge in [0, 0.05) is 11.1 Å². The highest BCUT2D eigenvalue weighted by Crippen LogP contribution is 2.26. The van der Waals surface area contributed by atoms with Crippen molar-refractivity contribution in [1.29, 1.82) is 0 Å². The lowest BCUT2D eigenvalue weighted by molar-refractivity contribution is 0.102. The monoisotopic (exact) mass is 340 g/mol. The van der Waals surface area contributed by atoms with E-state index in [1.807, 2.05) is 0 Å². The van der Waals surface area contributed by atoms with Gasteiger partial charge in [-0.3, -0.25) is 4.79 Å². The van der Waals surface area contributed by atoms with Crippen molar-refractivity contribution in [2.45, 2.75) is 0 Å². The summed E-state index contributed by atoms with van der Waals surface area (Å²) in [7, 11) is 0. The number of halogens is 2. The summed E-state index contributed by atoms with van der Waals surface area (Å²) in [5.41, 5.74) is 6.80. The molecule has 0 unspecified atom stereocenters. The van der Waals surface area contributed by atoms with Gasteiger partial charge < -0.3 is 16.2 Å². The first kappa shape index (κ1) is 15.6. The number of nitrogens with one attached hydrogen (secondary N) is 1. The summed E-state index contributed by atoms with van der Waals surface area (Å²) in [6, 6.07) is 8.99. The van der Waals surface area contributed by atoms with Gasteiger partial charge in [-0.15, -0.1) is 0 Å². The molecule has 2 aromatic carbocycles. The first-order valence-corrected chi connectivity index (χ1v) is 6.94. The van der Waals surface area contributed by atoms with E-state index >= 15 is 0 Å². The fraction of sp³-hybridized carbons (Fsp3) is 0. The molecule has 0 aliphatic rings. The van der Waals surface area contributed by atoms with Gasteiger partial charge in [0.05, 0.1) is 15.7 Å². The molecule has 0 radical (unpaired) electrons. The molecule has 21 heavy (non-hydrogen) atoms. The fourth-order valence-electron chi connectivity index (χ4n) is 1.62. The molecule has 0 heterocycles. The minimum Gasteiger partial charge on any atom is -0.506 e. The molecule has 0 atom stereocenters. The zero-order valence-electron chi connectivity index (χ0n) is 10.6. The van der Waals surface area contributed by atoms with Crippen molar-refractivity contribution in [1.82, 2.24) is 0 Å². The van der Waals surface area contributed by atoms with E-state index in [-0.39, 0.29) is 21.3 Å². The quantitative estimate of drug-likeness (QED) is 0.746. The average molecular weight is 341 g/mol. The molecule has 4 N–H and O–H groups in total. The minimum atomic E-state index is -0.418. The van der Waals surface area contributed by atoms with Crippen LogP contribution in [0.1, 0.15) is 15.9 Å². The summed E-state index contributed by atoms with van der Waals surface area (Å²) < 4.78 is 0. The molecule has 1 amide bonds. The second-order valence-corrected chi connectivity index (χ2v) is 5.43. The normalized spacial score (nSPS) is 10.2. The largest absolute Gasteiger partial charge is 0.506 e. The summed E-state index contributed by atoms with van der Waals surface area (Å²) >= 11 is 16.7. The number of hydrogen-bond donors (Lipinski definition) is 3. The third kappa shape index (κ3) is 3.64. The molecule has 2 aromatic rings. The van der Waals surface area contributed by atoms with Crippen LogP contribution < -0.4 is 11.1 Å². The molecule has 0 spiro atoms. The van der Waals surface area contributed by atoms with Crippen molar-refractivity contribution in [2.75, 3.05) is 5.32 Å². The lowest BCUT2D eigenvalue weighted by atomic mass is 10.1. The lowest BCUT2D eigenvalue weighted by Crippen LogP contribution is -2.14. The van der Waals surface area contributed by atoms with Crippen LogP contribution in [0.4, 0.5) is 5.69 Å². The van der Waals surface area contributed by atoms with Crippen LogP contribution in [0.25, 0.3) is 0 Å². The van der Waals surface area contributed by atoms with E-state index in [4.69, 9.17) is 41.2 Å². The maximum absolute atomic E-state index is 12.1. The number of thiocarbonyl (C=S) groups is 1. The van der Waals surface area contributed by atoms with E-state index in [2.05, 4.69) is 5.32 Å². The Morgan fingerprint density at radius 1 is 1.10 bits per heavy atom. The Balaban J connectivity index is 2.28. The van der Waals surface area contributed by atoms with Crippen LogP contribution in [0.5, 0.6) is 5.75 Å². The van der Waals surface area contributed by atoms with E-state index < -0.39 is 5.91 Å². The summed E-state index contributed by atoms with van der Waals surface area (Å²) in [5, 5.41) is 12.4. The average Bonchev–Trinajstić information content (AvgIpc) is 2.43. The van der Waals surface area contributed by atoms with Gasteiger partial charge in [-0.05, 0) is 30.3 Å². The molecule has 0 fully saturated rings. The maximum Gasteiger partial charge on any atom is 0.255 e. The predicted molar refractivity (Wildman–Crippen MR) is 88.4 cm³/mol. The number of anilines is 1. The molecule has 2 rings (SSSR count). The molecule has 0 bridgehead atoms. The van der Waals surface area contributed by atoms with Gasteiger partial charge in [0.25, 0.3) is 5.91 Å². The topological polar surface area (TPSA) is 75.3 Å². The number of carbonyl (C=O) groups excluding carboxylic acids is 1. The van der Waals surface area contributed by atoms with Gasteiger partial charge in [0.15, 0.2) is 0 Å². The third-order valence-corrected chi connectivity index (χ3v) is 3.58. The number of carbonyl (C=O) groups is 1. The van der Waals surface area contributed by atoms with Crippen LogP contribution in [0.3, 0.4) is 0 Å². The van der Waals surface area contributed by atoms with Crippen molar-refractivity contribution in [3.8, 4) is 5.75 Å². The molecular formula is C14H10Cl2N2O2S. The minimum absolute atomic E-state index is 0.0885. The number of phenolic OH excluding ortho intramolecular Hbond substituents is 1. The summed E-state index contributed by atoms with van der Waals surface area (Å²) in [6.45, 7) is 0. The van der Waals surface area contributed by atoms with Gasteiger partial charge in [0.2, 0.25) is 0 Å². The molecule has 108 valence electrons. The molecule has 4 nitrogen and oxygen atoms in total.